The first-order valence-corrected chi connectivity index (χ1v) is 8.42. The van der Waals surface area contributed by atoms with Gasteiger partial charge in [-0.3, -0.25) is 0 Å². The fraction of sp³-hybridized carbons (Fsp3) is 0.400. The van der Waals surface area contributed by atoms with Gasteiger partial charge in [0.2, 0.25) is 0 Å². The Morgan fingerprint density at radius 1 is 0.792 bits per heavy atom. The highest BCUT2D eigenvalue weighted by Crippen LogP contribution is 2.30. The van der Waals surface area contributed by atoms with Gasteiger partial charge in [0.25, 0.3) is 0 Å². The van der Waals surface area contributed by atoms with Gasteiger partial charge in [0.1, 0.15) is 24.7 Å². The molecule has 1 heterocycles. The summed E-state index contributed by atoms with van der Waals surface area (Å²) in [6.07, 6.45) is 1.06. The van der Waals surface area contributed by atoms with Gasteiger partial charge < -0.3 is 18.9 Å². The topological polar surface area (TPSA) is 36.9 Å². The van der Waals surface area contributed by atoms with Gasteiger partial charge in [-0.05, 0) is 44.5 Å². The number of ether oxygens (including phenoxy) is 4. The molecule has 24 heavy (non-hydrogen) atoms. The molecule has 0 aromatic heterocycles. The lowest BCUT2D eigenvalue weighted by molar-refractivity contribution is -0.239. The van der Waals surface area contributed by atoms with Gasteiger partial charge in [0.05, 0.1) is 12.2 Å². The summed E-state index contributed by atoms with van der Waals surface area (Å²) in [7, 11) is 0. The van der Waals surface area contributed by atoms with E-state index in [0.717, 1.165) is 23.5 Å². The van der Waals surface area contributed by atoms with Crippen LogP contribution in [0.3, 0.4) is 0 Å². The summed E-state index contributed by atoms with van der Waals surface area (Å²) in [5, 5.41) is 0. The highest BCUT2D eigenvalue weighted by molar-refractivity contribution is 5.28. The molecule has 2 aromatic rings. The van der Waals surface area contributed by atoms with E-state index in [4.69, 9.17) is 18.9 Å². The molecule has 1 aliphatic rings. The third kappa shape index (κ3) is 4.73. The van der Waals surface area contributed by atoms with E-state index in [1.807, 2.05) is 54.6 Å². The summed E-state index contributed by atoms with van der Waals surface area (Å²) >= 11 is 0. The molecule has 2 aromatic carbocycles. The van der Waals surface area contributed by atoms with Crippen molar-refractivity contribution in [2.45, 2.75) is 38.8 Å². The van der Waals surface area contributed by atoms with Gasteiger partial charge >= 0.3 is 0 Å². The molecule has 0 spiro atoms. The molecule has 0 N–H and O–H groups in total. The fourth-order valence-electron chi connectivity index (χ4n) is 2.75. The summed E-state index contributed by atoms with van der Waals surface area (Å²) in [6, 6.07) is 17.6. The zero-order chi connectivity index (χ0) is 16.8. The maximum atomic E-state index is 5.85. The summed E-state index contributed by atoms with van der Waals surface area (Å²) in [5.41, 5.74) is 1.02. The lowest BCUT2D eigenvalue weighted by Gasteiger charge is -2.32. The van der Waals surface area contributed by atoms with Crippen LogP contribution in [0.25, 0.3) is 0 Å². The molecule has 4 heteroatoms. The smallest absolute Gasteiger partial charge is 0.184 e. The molecule has 128 valence electrons. The minimum absolute atomic E-state index is 0.213. The van der Waals surface area contributed by atoms with E-state index in [1.54, 1.807) is 0 Å². The Bertz CT molecular complexity index is 601. The van der Waals surface area contributed by atoms with Crippen LogP contribution in [0.1, 0.15) is 32.1 Å². The first kappa shape index (κ1) is 16.8. The first-order chi connectivity index (χ1) is 11.7. The normalized spacial score (nSPS) is 23.7. The molecule has 0 aliphatic carbocycles. The Morgan fingerprint density at radius 2 is 1.33 bits per heavy atom. The molecule has 0 bridgehead atoms. The van der Waals surface area contributed by atoms with Crippen molar-refractivity contribution in [3.8, 4) is 11.5 Å². The van der Waals surface area contributed by atoms with Crippen molar-refractivity contribution < 1.29 is 18.9 Å². The highest BCUT2D eigenvalue weighted by Gasteiger charge is 2.26. The average Bonchev–Trinajstić information content (AvgIpc) is 2.59. The Kier molecular flexibility index (Phi) is 5.72. The van der Waals surface area contributed by atoms with Crippen molar-refractivity contribution >= 4 is 0 Å². The second-order valence-corrected chi connectivity index (χ2v) is 6.04. The van der Waals surface area contributed by atoms with Crippen LogP contribution < -0.4 is 9.47 Å². The average molecular weight is 328 g/mol. The third-order valence-corrected chi connectivity index (χ3v) is 3.89. The van der Waals surface area contributed by atoms with Crippen molar-refractivity contribution in [1.29, 1.82) is 0 Å². The summed E-state index contributed by atoms with van der Waals surface area (Å²) in [4.78, 5) is 0. The molecule has 2 atom stereocenters. The predicted molar refractivity (Wildman–Crippen MR) is 92.3 cm³/mol. The Labute approximate surface area is 143 Å². The van der Waals surface area contributed by atoms with E-state index in [-0.39, 0.29) is 18.5 Å². The van der Waals surface area contributed by atoms with E-state index < -0.39 is 0 Å². The van der Waals surface area contributed by atoms with Crippen LogP contribution in [0, 0.1) is 0 Å². The van der Waals surface area contributed by atoms with Crippen molar-refractivity contribution in [3.05, 3.63) is 60.2 Å². The predicted octanol–water partition coefficient (Wildman–Crippen LogP) is 4.36. The zero-order valence-corrected chi connectivity index (χ0v) is 14.2. The van der Waals surface area contributed by atoms with Crippen LogP contribution in [0.2, 0.25) is 0 Å². The highest BCUT2D eigenvalue weighted by atomic mass is 16.7. The molecule has 0 radical (unpaired) electrons. The quantitative estimate of drug-likeness (QED) is 0.739. The Hall–Kier alpha value is -2.04. The van der Waals surface area contributed by atoms with Gasteiger partial charge in [-0.2, -0.15) is 0 Å². The van der Waals surface area contributed by atoms with Crippen LogP contribution in [-0.4, -0.2) is 25.4 Å². The molecule has 1 fully saturated rings. The molecular weight excluding hydrogens is 304 g/mol. The molecule has 2 unspecified atom stereocenters. The zero-order valence-electron chi connectivity index (χ0n) is 14.2. The summed E-state index contributed by atoms with van der Waals surface area (Å²) in [5.74, 6) is 1.67. The van der Waals surface area contributed by atoms with Gasteiger partial charge in [0.15, 0.2) is 6.29 Å². The monoisotopic (exact) mass is 328 g/mol. The summed E-state index contributed by atoms with van der Waals surface area (Å²) < 4.78 is 23.0. The largest absolute Gasteiger partial charge is 0.490 e. The Balaban J connectivity index is 1.46. The van der Waals surface area contributed by atoms with Crippen molar-refractivity contribution in [3.63, 3.8) is 0 Å². The van der Waals surface area contributed by atoms with Crippen LogP contribution in [0.5, 0.6) is 11.5 Å². The van der Waals surface area contributed by atoms with Crippen molar-refractivity contribution in [1.82, 2.24) is 0 Å². The van der Waals surface area contributed by atoms with Crippen molar-refractivity contribution in [2.24, 2.45) is 0 Å². The molecule has 0 amide bonds. The van der Waals surface area contributed by atoms with Gasteiger partial charge in [-0.25, -0.2) is 0 Å². The number of hydrogen-bond acceptors (Lipinski definition) is 4. The molecule has 4 nitrogen and oxygen atoms in total. The van der Waals surface area contributed by atoms with E-state index in [0.29, 0.717) is 13.2 Å². The van der Waals surface area contributed by atoms with Gasteiger partial charge in [-0.1, -0.05) is 30.3 Å². The SMILES string of the molecule is CC1CC(C)OC(c2ccc(OCCOc3ccccc3)cc2)O1. The number of para-hydroxylation sites is 1. The number of rotatable bonds is 6. The molecule has 0 saturated carbocycles. The van der Waals surface area contributed by atoms with Crippen LogP contribution in [0.4, 0.5) is 0 Å². The van der Waals surface area contributed by atoms with E-state index in [2.05, 4.69) is 13.8 Å². The second kappa shape index (κ2) is 8.18. The minimum Gasteiger partial charge on any atom is -0.490 e. The van der Waals surface area contributed by atoms with Crippen molar-refractivity contribution in [2.75, 3.05) is 13.2 Å². The standard InChI is InChI=1S/C20H24O4/c1-15-14-16(2)24-20(23-15)17-8-10-19(11-9-17)22-13-12-21-18-6-4-3-5-7-18/h3-11,15-16,20H,12-14H2,1-2H3. The summed E-state index contributed by atoms with van der Waals surface area (Å²) in [6.45, 7) is 5.17. The lowest BCUT2D eigenvalue weighted by atomic mass is 10.1. The van der Waals surface area contributed by atoms with Gasteiger partial charge in [0, 0.05) is 5.56 Å². The second-order valence-electron chi connectivity index (χ2n) is 6.04. The molecular formula is C20H24O4. The van der Waals surface area contributed by atoms with Crippen LogP contribution in [-0.2, 0) is 9.47 Å². The Morgan fingerprint density at radius 3 is 1.92 bits per heavy atom. The van der Waals surface area contributed by atoms with Crippen LogP contribution in [0.15, 0.2) is 54.6 Å². The fourth-order valence-corrected chi connectivity index (χ4v) is 2.75. The lowest BCUT2D eigenvalue weighted by Crippen LogP contribution is -2.30. The third-order valence-electron chi connectivity index (χ3n) is 3.89. The minimum atomic E-state index is -0.292. The molecule has 3 rings (SSSR count). The maximum Gasteiger partial charge on any atom is 0.184 e. The van der Waals surface area contributed by atoms with Gasteiger partial charge in [-0.15, -0.1) is 0 Å². The first-order valence-electron chi connectivity index (χ1n) is 8.42. The molecule has 1 saturated heterocycles. The number of benzene rings is 2. The van der Waals surface area contributed by atoms with E-state index >= 15 is 0 Å². The maximum absolute atomic E-state index is 5.85. The van der Waals surface area contributed by atoms with E-state index in [9.17, 15) is 0 Å². The van der Waals surface area contributed by atoms with Crippen LogP contribution >= 0.6 is 0 Å². The number of hydrogen-bond donors (Lipinski definition) is 0. The van der Waals surface area contributed by atoms with E-state index in [1.165, 1.54) is 0 Å². The molecule has 1 aliphatic heterocycles.